The first-order valence-electron chi connectivity index (χ1n) is 5.17. The van der Waals surface area contributed by atoms with E-state index < -0.39 is 16.4 Å². The van der Waals surface area contributed by atoms with E-state index in [0.717, 1.165) is 25.0 Å². The third kappa shape index (κ3) is 2.77. The van der Waals surface area contributed by atoms with Gasteiger partial charge in [0.1, 0.15) is 12.4 Å². The minimum Gasteiger partial charge on any atom is -0.486 e. The van der Waals surface area contributed by atoms with Gasteiger partial charge in [-0.15, -0.1) is 0 Å². The second-order valence-electron chi connectivity index (χ2n) is 3.90. The van der Waals surface area contributed by atoms with Crippen LogP contribution in [0.2, 0.25) is 0 Å². The number of halogens is 1. The molecule has 1 aromatic carbocycles. The van der Waals surface area contributed by atoms with Crippen molar-refractivity contribution in [2.75, 3.05) is 6.61 Å². The van der Waals surface area contributed by atoms with Gasteiger partial charge in [0.15, 0.2) is 5.78 Å². The van der Waals surface area contributed by atoms with E-state index in [1.165, 1.54) is 6.07 Å². The van der Waals surface area contributed by atoms with E-state index >= 15 is 0 Å². The Hall–Kier alpha value is -1.98. The zero-order valence-corrected chi connectivity index (χ0v) is 8.89. The number of nitro benzene ring substituents is 1. The summed E-state index contributed by atoms with van der Waals surface area (Å²) in [5, 5.41) is 10.4. The molecule has 0 unspecified atom stereocenters. The molecule has 1 saturated carbocycles. The summed E-state index contributed by atoms with van der Waals surface area (Å²) in [5.41, 5.74) is -0.606. The molecule has 17 heavy (non-hydrogen) atoms. The monoisotopic (exact) mass is 239 g/mol. The van der Waals surface area contributed by atoms with Crippen LogP contribution >= 0.6 is 0 Å². The van der Waals surface area contributed by atoms with Crippen molar-refractivity contribution in [3.63, 3.8) is 0 Å². The van der Waals surface area contributed by atoms with Crippen LogP contribution in [0.25, 0.3) is 0 Å². The molecule has 0 amide bonds. The molecule has 2 rings (SSSR count). The average molecular weight is 239 g/mol. The highest BCUT2D eigenvalue weighted by molar-refractivity contribution is 5.84. The Morgan fingerprint density at radius 3 is 2.76 bits per heavy atom. The topological polar surface area (TPSA) is 69.4 Å². The van der Waals surface area contributed by atoms with Crippen LogP contribution in [-0.2, 0) is 4.79 Å². The summed E-state index contributed by atoms with van der Waals surface area (Å²) in [6.07, 6.45) is 1.77. The molecule has 0 spiro atoms. The quantitative estimate of drug-likeness (QED) is 0.582. The number of benzene rings is 1. The number of hydrogen-bond donors (Lipinski definition) is 0. The van der Waals surface area contributed by atoms with Gasteiger partial charge in [-0.3, -0.25) is 14.9 Å². The molecule has 1 fully saturated rings. The minimum atomic E-state index is -0.966. The van der Waals surface area contributed by atoms with Crippen molar-refractivity contribution < 1.29 is 18.8 Å². The maximum Gasteiger partial charge on any atom is 0.305 e. The van der Waals surface area contributed by atoms with E-state index in [1.54, 1.807) is 0 Å². The number of carbonyl (C=O) groups excluding carboxylic acids is 1. The van der Waals surface area contributed by atoms with Gasteiger partial charge in [-0.05, 0) is 18.9 Å². The van der Waals surface area contributed by atoms with E-state index in [0.29, 0.717) is 0 Å². The van der Waals surface area contributed by atoms with Crippen LogP contribution in [0.1, 0.15) is 12.8 Å². The number of rotatable bonds is 5. The number of Topliss-reactive ketones (excluding diaryl/α,β-unsaturated/α-hetero) is 1. The first-order valence-corrected chi connectivity index (χ1v) is 5.17. The minimum absolute atomic E-state index is 0.0104. The highest BCUT2D eigenvalue weighted by Gasteiger charge is 2.29. The largest absolute Gasteiger partial charge is 0.486 e. The number of nitrogens with zero attached hydrogens (tertiary/aromatic N) is 1. The second kappa shape index (κ2) is 4.48. The van der Waals surface area contributed by atoms with E-state index in [9.17, 15) is 19.3 Å². The molecular formula is C11H10FNO4. The van der Waals surface area contributed by atoms with Crippen LogP contribution in [-0.4, -0.2) is 17.3 Å². The van der Waals surface area contributed by atoms with Gasteiger partial charge in [0.25, 0.3) is 0 Å². The van der Waals surface area contributed by atoms with Crippen molar-refractivity contribution in [2.45, 2.75) is 12.8 Å². The Morgan fingerprint density at radius 2 is 2.24 bits per heavy atom. The zero-order chi connectivity index (χ0) is 12.4. The predicted octanol–water partition coefficient (Wildman–Crippen LogP) is 2.09. The molecule has 0 radical (unpaired) electrons. The summed E-state index contributed by atoms with van der Waals surface area (Å²) in [5.74, 6) is -0.768. The fraction of sp³-hybridized carbons (Fsp3) is 0.364. The normalized spacial score (nSPS) is 14.4. The summed E-state index contributed by atoms with van der Waals surface area (Å²) in [4.78, 5) is 20.9. The molecule has 90 valence electrons. The first kappa shape index (κ1) is 11.5. The fourth-order valence-corrected chi connectivity index (χ4v) is 1.40. The summed E-state index contributed by atoms with van der Waals surface area (Å²) >= 11 is 0. The molecule has 0 heterocycles. The lowest BCUT2D eigenvalue weighted by molar-refractivity contribution is -0.387. The molecular weight excluding hydrogens is 229 g/mol. The molecule has 0 aromatic heterocycles. The third-order valence-electron chi connectivity index (χ3n) is 2.53. The van der Waals surface area contributed by atoms with Gasteiger partial charge in [0, 0.05) is 18.1 Å². The van der Waals surface area contributed by atoms with Crippen LogP contribution in [0.4, 0.5) is 10.1 Å². The van der Waals surface area contributed by atoms with E-state index in [-0.39, 0.29) is 24.1 Å². The van der Waals surface area contributed by atoms with Gasteiger partial charge in [-0.1, -0.05) is 0 Å². The molecule has 5 nitrogen and oxygen atoms in total. The lowest BCUT2D eigenvalue weighted by Gasteiger charge is -2.04. The summed E-state index contributed by atoms with van der Waals surface area (Å²) < 4.78 is 18.3. The van der Waals surface area contributed by atoms with E-state index in [2.05, 4.69) is 0 Å². The van der Waals surface area contributed by atoms with Gasteiger partial charge in [-0.25, -0.2) is 0 Å². The van der Waals surface area contributed by atoms with Crippen molar-refractivity contribution in [3.8, 4) is 5.75 Å². The van der Waals surface area contributed by atoms with Crippen LogP contribution in [0, 0.1) is 21.8 Å². The molecule has 0 aliphatic heterocycles. The number of ether oxygens (including phenoxy) is 1. The number of ketones is 1. The standard InChI is InChI=1S/C11H10FNO4/c12-9-5-8(3-4-10(9)13(15)16)17-6-11(14)7-1-2-7/h3-5,7H,1-2,6H2. The SMILES string of the molecule is O=C(COc1ccc([N+](=O)[O-])c(F)c1)C1CC1. The zero-order valence-electron chi connectivity index (χ0n) is 8.89. The number of nitro groups is 1. The Morgan fingerprint density at radius 1 is 1.53 bits per heavy atom. The average Bonchev–Trinajstić information content (AvgIpc) is 3.09. The van der Waals surface area contributed by atoms with Crippen LogP contribution in [0.15, 0.2) is 18.2 Å². The van der Waals surface area contributed by atoms with Gasteiger partial charge < -0.3 is 4.74 Å². The summed E-state index contributed by atoms with van der Waals surface area (Å²) in [6.45, 7) is -0.109. The van der Waals surface area contributed by atoms with Crippen molar-refractivity contribution in [3.05, 3.63) is 34.1 Å². The maximum atomic E-state index is 13.2. The molecule has 0 atom stereocenters. The number of carbonyl (C=O) groups is 1. The molecule has 0 bridgehead atoms. The fourth-order valence-electron chi connectivity index (χ4n) is 1.40. The van der Waals surface area contributed by atoms with Crippen LogP contribution in [0.5, 0.6) is 5.75 Å². The van der Waals surface area contributed by atoms with Gasteiger partial charge >= 0.3 is 5.69 Å². The predicted molar refractivity (Wildman–Crippen MR) is 56.3 cm³/mol. The number of hydrogen-bond acceptors (Lipinski definition) is 4. The molecule has 0 N–H and O–H groups in total. The smallest absolute Gasteiger partial charge is 0.305 e. The lowest BCUT2D eigenvalue weighted by Crippen LogP contribution is -2.12. The summed E-state index contributed by atoms with van der Waals surface area (Å²) in [6, 6.07) is 3.21. The van der Waals surface area contributed by atoms with Crippen molar-refractivity contribution >= 4 is 11.5 Å². The second-order valence-corrected chi connectivity index (χ2v) is 3.90. The van der Waals surface area contributed by atoms with Crippen molar-refractivity contribution in [1.82, 2.24) is 0 Å². The van der Waals surface area contributed by atoms with Gasteiger partial charge in [0.05, 0.1) is 4.92 Å². The Bertz CT molecular complexity index is 471. The Balaban J connectivity index is 1.99. The molecule has 6 heteroatoms. The summed E-state index contributed by atoms with van der Waals surface area (Å²) in [7, 11) is 0. The van der Waals surface area contributed by atoms with Crippen LogP contribution in [0.3, 0.4) is 0 Å². The van der Waals surface area contributed by atoms with Gasteiger partial charge in [-0.2, -0.15) is 4.39 Å². The maximum absolute atomic E-state index is 13.2. The Labute approximate surface area is 96.3 Å². The van der Waals surface area contributed by atoms with Crippen LogP contribution < -0.4 is 4.74 Å². The molecule has 1 aromatic rings. The third-order valence-corrected chi connectivity index (χ3v) is 2.53. The van der Waals surface area contributed by atoms with Crippen molar-refractivity contribution in [1.29, 1.82) is 0 Å². The molecule has 0 saturated heterocycles. The van der Waals surface area contributed by atoms with Crippen molar-refractivity contribution in [2.24, 2.45) is 5.92 Å². The molecule has 1 aliphatic carbocycles. The lowest BCUT2D eigenvalue weighted by atomic mass is 10.2. The van der Waals surface area contributed by atoms with E-state index in [1.807, 2.05) is 0 Å². The molecule has 1 aliphatic rings. The van der Waals surface area contributed by atoms with E-state index in [4.69, 9.17) is 4.74 Å². The highest BCUT2D eigenvalue weighted by atomic mass is 19.1. The highest BCUT2D eigenvalue weighted by Crippen LogP contribution is 2.30. The Kier molecular flexibility index (Phi) is 3.03. The van der Waals surface area contributed by atoms with Gasteiger partial charge in [0.2, 0.25) is 5.82 Å². The first-order chi connectivity index (χ1) is 8.08.